The molecule has 0 aliphatic rings. The highest BCUT2D eigenvalue weighted by Gasteiger charge is 2.17. The van der Waals surface area contributed by atoms with Gasteiger partial charge < -0.3 is 10.2 Å². The average Bonchev–Trinajstić information content (AvgIpc) is 2.25. The first kappa shape index (κ1) is 17.9. The van der Waals surface area contributed by atoms with E-state index in [4.69, 9.17) is 0 Å². The van der Waals surface area contributed by atoms with Gasteiger partial charge in [-0.1, -0.05) is 13.8 Å². The third-order valence-corrected chi connectivity index (χ3v) is 3.31. The molecule has 0 spiro atoms. The van der Waals surface area contributed by atoms with Crippen molar-refractivity contribution in [2.75, 3.05) is 40.3 Å². The van der Waals surface area contributed by atoms with E-state index >= 15 is 0 Å². The van der Waals surface area contributed by atoms with Gasteiger partial charge in [0.25, 0.3) is 0 Å². The average molecular weight is 257 g/mol. The largest absolute Gasteiger partial charge is 0.311 e. The van der Waals surface area contributed by atoms with Crippen LogP contribution in [0.1, 0.15) is 47.5 Å². The zero-order valence-electron chi connectivity index (χ0n) is 13.7. The van der Waals surface area contributed by atoms with Crippen molar-refractivity contribution >= 4 is 0 Å². The normalized spacial score (nSPS) is 14.5. The maximum atomic E-state index is 3.63. The second kappa shape index (κ2) is 8.89. The first-order valence-corrected chi connectivity index (χ1v) is 7.44. The summed E-state index contributed by atoms with van der Waals surface area (Å²) in [6.07, 6.45) is 2.48. The topological polar surface area (TPSA) is 18.5 Å². The van der Waals surface area contributed by atoms with E-state index in [-0.39, 0.29) is 5.54 Å². The minimum Gasteiger partial charge on any atom is -0.311 e. The Balaban J connectivity index is 4.13. The van der Waals surface area contributed by atoms with Crippen molar-refractivity contribution in [1.29, 1.82) is 0 Å². The SMILES string of the molecule is CCC(CNC(C)(C)C)N(CC)CCCN(C)C. The van der Waals surface area contributed by atoms with E-state index in [0.29, 0.717) is 6.04 Å². The number of nitrogens with one attached hydrogen (secondary N) is 1. The Kier molecular flexibility index (Phi) is 8.83. The molecule has 1 atom stereocenters. The van der Waals surface area contributed by atoms with Crippen LogP contribution >= 0.6 is 0 Å². The van der Waals surface area contributed by atoms with Gasteiger partial charge in [0.1, 0.15) is 0 Å². The van der Waals surface area contributed by atoms with Gasteiger partial charge in [0, 0.05) is 18.1 Å². The van der Waals surface area contributed by atoms with Crippen LogP contribution in [0.4, 0.5) is 0 Å². The monoisotopic (exact) mass is 257 g/mol. The maximum absolute atomic E-state index is 3.63. The lowest BCUT2D eigenvalue weighted by Gasteiger charge is -2.33. The molecule has 3 nitrogen and oxygen atoms in total. The maximum Gasteiger partial charge on any atom is 0.0218 e. The second-order valence-corrected chi connectivity index (χ2v) is 6.48. The first-order chi connectivity index (χ1) is 8.30. The Bertz CT molecular complexity index is 196. The predicted molar refractivity (Wildman–Crippen MR) is 82.3 cm³/mol. The van der Waals surface area contributed by atoms with Gasteiger partial charge >= 0.3 is 0 Å². The van der Waals surface area contributed by atoms with E-state index in [1.54, 1.807) is 0 Å². The zero-order valence-corrected chi connectivity index (χ0v) is 13.7. The first-order valence-electron chi connectivity index (χ1n) is 7.44. The van der Waals surface area contributed by atoms with Gasteiger partial charge in [-0.05, 0) is 67.3 Å². The minimum atomic E-state index is 0.219. The molecule has 0 aliphatic heterocycles. The summed E-state index contributed by atoms with van der Waals surface area (Å²) < 4.78 is 0. The lowest BCUT2D eigenvalue weighted by molar-refractivity contribution is 0.178. The summed E-state index contributed by atoms with van der Waals surface area (Å²) in [5.41, 5.74) is 0.219. The molecule has 0 rings (SSSR count). The standard InChI is InChI=1S/C15H35N3/c1-8-14(13-16-15(3,4)5)18(9-2)12-10-11-17(6)7/h14,16H,8-13H2,1-7H3. The minimum absolute atomic E-state index is 0.219. The summed E-state index contributed by atoms with van der Waals surface area (Å²) >= 11 is 0. The van der Waals surface area contributed by atoms with Gasteiger partial charge in [0.15, 0.2) is 0 Å². The van der Waals surface area contributed by atoms with Crippen molar-refractivity contribution < 1.29 is 0 Å². The van der Waals surface area contributed by atoms with Crippen LogP contribution in [0.15, 0.2) is 0 Å². The Labute approximate surface area is 115 Å². The second-order valence-electron chi connectivity index (χ2n) is 6.48. The Morgan fingerprint density at radius 3 is 2.06 bits per heavy atom. The number of hydrogen-bond donors (Lipinski definition) is 1. The molecule has 0 aromatic carbocycles. The van der Waals surface area contributed by atoms with Crippen molar-refractivity contribution in [2.24, 2.45) is 0 Å². The van der Waals surface area contributed by atoms with E-state index in [0.717, 1.165) is 13.1 Å². The highest BCUT2D eigenvalue weighted by Crippen LogP contribution is 2.07. The fourth-order valence-electron chi connectivity index (χ4n) is 2.14. The summed E-state index contributed by atoms with van der Waals surface area (Å²) in [4.78, 5) is 4.88. The molecule has 0 saturated carbocycles. The van der Waals surface area contributed by atoms with Crippen LogP contribution < -0.4 is 5.32 Å². The third kappa shape index (κ3) is 8.90. The molecular weight excluding hydrogens is 222 g/mol. The van der Waals surface area contributed by atoms with E-state index in [2.05, 4.69) is 63.8 Å². The van der Waals surface area contributed by atoms with Crippen LogP contribution in [0.5, 0.6) is 0 Å². The Hall–Kier alpha value is -0.120. The molecule has 0 bridgehead atoms. The summed E-state index contributed by atoms with van der Waals surface area (Å²) in [6, 6.07) is 0.663. The quantitative estimate of drug-likeness (QED) is 0.684. The summed E-state index contributed by atoms with van der Waals surface area (Å²) in [7, 11) is 4.30. The molecular formula is C15H35N3. The molecule has 18 heavy (non-hydrogen) atoms. The van der Waals surface area contributed by atoms with Gasteiger partial charge in [-0.15, -0.1) is 0 Å². The summed E-state index contributed by atoms with van der Waals surface area (Å²) in [5.74, 6) is 0. The molecule has 1 N–H and O–H groups in total. The Morgan fingerprint density at radius 2 is 1.67 bits per heavy atom. The van der Waals surface area contributed by atoms with Crippen LogP contribution in [-0.4, -0.2) is 61.7 Å². The summed E-state index contributed by atoms with van der Waals surface area (Å²) in [5, 5.41) is 3.63. The molecule has 0 radical (unpaired) electrons. The fourth-order valence-corrected chi connectivity index (χ4v) is 2.14. The van der Waals surface area contributed by atoms with Gasteiger partial charge in [0.05, 0.1) is 0 Å². The zero-order chi connectivity index (χ0) is 14.2. The van der Waals surface area contributed by atoms with Crippen LogP contribution in [0.2, 0.25) is 0 Å². The van der Waals surface area contributed by atoms with Crippen LogP contribution in [-0.2, 0) is 0 Å². The number of rotatable bonds is 9. The third-order valence-electron chi connectivity index (χ3n) is 3.31. The van der Waals surface area contributed by atoms with Crippen molar-refractivity contribution in [3.8, 4) is 0 Å². The Morgan fingerprint density at radius 1 is 1.06 bits per heavy atom. The lowest BCUT2D eigenvalue weighted by atomic mass is 10.1. The van der Waals surface area contributed by atoms with Crippen molar-refractivity contribution in [1.82, 2.24) is 15.1 Å². The summed E-state index contributed by atoms with van der Waals surface area (Å²) in [6.45, 7) is 15.9. The van der Waals surface area contributed by atoms with Crippen LogP contribution in [0, 0.1) is 0 Å². The van der Waals surface area contributed by atoms with Gasteiger partial charge in [0.2, 0.25) is 0 Å². The molecule has 0 aromatic heterocycles. The number of nitrogens with zero attached hydrogens (tertiary/aromatic N) is 2. The molecule has 3 heteroatoms. The van der Waals surface area contributed by atoms with Crippen molar-refractivity contribution in [3.05, 3.63) is 0 Å². The number of hydrogen-bond acceptors (Lipinski definition) is 3. The number of likely N-dealkylation sites (N-methyl/N-ethyl adjacent to an activating group) is 1. The van der Waals surface area contributed by atoms with Gasteiger partial charge in [-0.3, -0.25) is 4.90 Å². The van der Waals surface area contributed by atoms with Crippen molar-refractivity contribution in [3.63, 3.8) is 0 Å². The van der Waals surface area contributed by atoms with Crippen LogP contribution in [0.3, 0.4) is 0 Å². The molecule has 0 fully saturated rings. The van der Waals surface area contributed by atoms with Gasteiger partial charge in [-0.2, -0.15) is 0 Å². The highest BCUT2D eigenvalue weighted by atomic mass is 15.2. The molecule has 1 unspecified atom stereocenters. The van der Waals surface area contributed by atoms with E-state index in [1.165, 1.54) is 25.9 Å². The van der Waals surface area contributed by atoms with Crippen LogP contribution in [0.25, 0.3) is 0 Å². The smallest absolute Gasteiger partial charge is 0.0218 e. The van der Waals surface area contributed by atoms with E-state index in [1.807, 2.05) is 0 Å². The highest BCUT2D eigenvalue weighted by molar-refractivity contribution is 4.78. The lowest BCUT2D eigenvalue weighted by Crippen LogP contribution is -2.47. The predicted octanol–water partition coefficient (Wildman–Crippen LogP) is 2.43. The molecule has 0 amide bonds. The molecule has 0 aromatic rings. The van der Waals surface area contributed by atoms with E-state index < -0.39 is 0 Å². The van der Waals surface area contributed by atoms with Gasteiger partial charge in [-0.25, -0.2) is 0 Å². The molecule has 0 aliphatic carbocycles. The molecule has 0 heterocycles. The van der Waals surface area contributed by atoms with E-state index in [9.17, 15) is 0 Å². The molecule has 110 valence electrons. The fraction of sp³-hybridized carbons (Fsp3) is 1.00. The molecule has 0 saturated heterocycles. The van der Waals surface area contributed by atoms with Crippen molar-refractivity contribution in [2.45, 2.75) is 59.0 Å².